The highest BCUT2D eigenvalue weighted by molar-refractivity contribution is 4.89. The van der Waals surface area contributed by atoms with Crippen LogP contribution in [0.2, 0.25) is 0 Å². The van der Waals surface area contributed by atoms with Crippen LogP contribution in [0.25, 0.3) is 0 Å². The molecule has 0 spiro atoms. The molecule has 0 aromatic rings. The van der Waals surface area contributed by atoms with Crippen molar-refractivity contribution < 1.29 is 4.74 Å². The quantitative estimate of drug-likeness (QED) is 0.815. The summed E-state index contributed by atoms with van der Waals surface area (Å²) in [7, 11) is 0. The number of rotatable bonds is 6. The molecule has 0 radical (unpaired) electrons. The van der Waals surface area contributed by atoms with E-state index in [1.807, 2.05) is 0 Å². The molecule has 2 aliphatic rings. The number of hydrogen-bond acceptors (Lipinski definition) is 3. The molecule has 21 heavy (non-hydrogen) atoms. The first kappa shape index (κ1) is 17.2. The summed E-state index contributed by atoms with van der Waals surface area (Å²) in [5.41, 5.74) is 0.341. The standard InChI is InChI=1S/C18H36N2O/c1-15(2)10-19-12-18(7-5-9-21-14-18)13-20-8-6-16(3)17(4)11-20/h15-17,19H,5-14H2,1-4H3. The second kappa shape index (κ2) is 7.94. The topological polar surface area (TPSA) is 24.5 Å². The van der Waals surface area contributed by atoms with Gasteiger partial charge in [0.05, 0.1) is 6.61 Å². The average Bonchev–Trinajstić information content (AvgIpc) is 2.43. The lowest BCUT2D eigenvalue weighted by atomic mass is 9.80. The van der Waals surface area contributed by atoms with Crippen LogP contribution in [0.1, 0.15) is 47.0 Å². The molecule has 124 valence electrons. The minimum absolute atomic E-state index is 0.341. The Morgan fingerprint density at radius 3 is 2.71 bits per heavy atom. The molecule has 0 aromatic carbocycles. The maximum Gasteiger partial charge on any atom is 0.0546 e. The Labute approximate surface area is 131 Å². The minimum atomic E-state index is 0.341. The Morgan fingerprint density at radius 1 is 1.29 bits per heavy atom. The van der Waals surface area contributed by atoms with Gasteiger partial charge in [0.1, 0.15) is 0 Å². The van der Waals surface area contributed by atoms with Gasteiger partial charge in [0.15, 0.2) is 0 Å². The molecule has 0 bridgehead atoms. The van der Waals surface area contributed by atoms with Crippen LogP contribution in [0.3, 0.4) is 0 Å². The van der Waals surface area contributed by atoms with Gasteiger partial charge in [-0.3, -0.25) is 0 Å². The van der Waals surface area contributed by atoms with Crippen molar-refractivity contribution in [1.29, 1.82) is 0 Å². The van der Waals surface area contributed by atoms with Crippen molar-refractivity contribution in [3.63, 3.8) is 0 Å². The average molecular weight is 296 g/mol. The van der Waals surface area contributed by atoms with Gasteiger partial charge in [-0.05, 0) is 50.1 Å². The van der Waals surface area contributed by atoms with Gasteiger partial charge in [-0.2, -0.15) is 0 Å². The number of nitrogens with one attached hydrogen (secondary N) is 1. The van der Waals surface area contributed by atoms with Gasteiger partial charge in [0.25, 0.3) is 0 Å². The van der Waals surface area contributed by atoms with Gasteiger partial charge in [-0.15, -0.1) is 0 Å². The fourth-order valence-electron chi connectivity index (χ4n) is 3.82. The Kier molecular flexibility index (Phi) is 6.51. The zero-order valence-electron chi connectivity index (χ0n) is 14.7. The van der Waals surface area contributed by atoms with Crippen LogP contribution in [-0.2, 0) is 4.74 Å². The number of ether oxygens (including phenoxy) is 1. The van der Waals surface area contributed by atoms with E-state index in [4.69, 9.17) is 4.74 Å². The third-order valence-electron chi connectivity index (χ3n) is 5.43. The zero-order chi connectivity index (χ0) is 15.3. The monoisotopic (exact) mass is 296 g/mol. The molecule has 0 aliphatic carbocycles. The molecular formula is C18H36N2O. The molecule has 3 atom stereocenters. The second-order valence-electron chi connectivity index (χ2n) is 8.16. The van der Waals surface area contributed by atoms with E-state index in [9.17, 15) is 0 Å². The summed E-state index contributed by atoms with van der Waals surface area (Å²) in [5, 5.41) is 3.70. The Balaban J connectivity index is 1.89. The number of hydrogen-bond donors (Lipinski definition) is 1. The van der Waals surface area contributed by atoms with Crippen molar-refractivity contribution in [2.45, 2.75) is 47.0 Å². The van der Waals surface area contributed by atoms with E-state index in [2.05, 4.69) is 37.9 Å². The lowest BCUT2D eigenvalue weighted by Crippen LogP contribution is -2.52. The maximum atomic E-state index is 5.87. The summed E-state index contributed by atoms with van der Waals surface area (Å²) < 4.78 is 5.87. The molecule has 2 rings (SSSR count). The highest BCUT2D eigenvalue weighted by atomic mass is 16.5. The molecule has 3 unspecified atom stereocenters. The minimum Gasteiger partial charge on any atom is -0.381 e. The fourth-order valence-corrected chi connectivity index (χ4v) is 3.82. The van der Waals surface area contributed by atoms with Crippen LogP contribution in [0.15, 0.2) is 0 Å². The Bertz CT molecular complexity index is 300. The predicted octanol–water partition coefficient (Wildman–Crippen LogP) is 3.01. The van der Waals surface area contributed by atoms with Crippen LogP contribution in [-0.4, -0.2) is 50.8 Å². The molecule has 2 heterocycles. The van der Waals surface area contributed by atoms with Gasteiger partial charge < -0.3 is 15.0 Å². The molecule has 2 aliphatic heterocycles. The molecule has 0 saturated carbocycles. The van der Waals surface area contributed by atoms with E-state index in [0.29, 0.717) is 5.41 Å². The molecule has 0 amide bonds. The van der Waals surface area contributed by atoms with Crippen LogP contribution in [0.5, 0.6) is 0 Å². The maximum absolute atomic E-state index is 5.87. The van der Waals surface area contributed by atoms with E-state index < -0.39 is 0 Å². The number of likely N-dealkylation sites (tertiary alicyclic amines) is 1. The summed E-state index contributed by atoms with van der Waals surface area (Å²) in [6.45, 7) is 17.3. The lowest BCUT2D eigenvalue weighted by molar-refractivity contribution is -0.0346. The van der Waals surface area contributed by atoms with E-state index in [1.165, 1.54) is 38.9 Å². The SMILES string of the molecule is CC(C)CNCC1(CN2CCC(C)C(C)C2)CCCOC1. The summed E-state index contributed by atoms with van der Waals surface area (Å²) in [6.07, 6.45) is 3.90. The van der Waals surface area contributed by atoms with Gasteiger partial charge in [-0.1, -0.05) is 27.7 Å². The molecular weight excluding hydrogens is 260 g/mol. The molecule has 0 aromatic heterocycles. The highest BCUT2D eigenvalue weighted by Gasteiger charge is 2.36. The number of nitrogens with zero attached hydrogens (tertiary/aromatic N) is 1. The second-order valence-corrected chi connectivity index (χ2v) is 8.16. The van der Waals surface area contributed by atoms with Crippen LogP contribution < -0.4 is 5.32 Å². The molecule has 2 fully saturated rings. The largest absolute Gasteiger partial charge is 0.381 e. The van der Waals surface area contributed by atoms with Crippen LogP contribution >= 0.6 is 0 Å². The number of piperidine rings is 1. The molecule has 2 saturated heterocycles. The lowest BCUT2D eigenvalue weighted by Gasteiger charge is -2.44. The summed E-state index contributed by atoms with van der Waals surface area (Å²) in [4.78, 5) is 2.70. The smallest absolute Gasteiger partial charge is 0.0546 e. The van der Waals surface area contributed by atoms with Crippen molar-refractivity contribution in [3.8, 4) is 0 Å². The van der Waals surface area contributed by atoms with E-state index >= 15 is 0 Å². The van der Waals surface area contributed by atoms with Crippen LogP contribution in [0.4, 0.5) is 0 Å². The Morgan fingerprint density at radius 2 is 2.10 bits per heavy atom. The van der Waals surface area contributed by atoms with Gasteiger partial charge in [-0.25, -0.2) is 0 Å². The zero-order valence-corrected chi connectivity index (χ0v) is 14.7. The van der Waals surface area contributed by atoms with Crippen molar-refractivity contribution in [1.82, 2.24) is 10.2 Å². The first-order valence-electron chi connectivity index (χ1n) is 9.01. The molecule has 3 heteroatoms. The Hall–Kier alpha value is -0.120. The van der Waals surface area contributed by atoms with E-state index in [1.54, 1.807) is 0 Å². The van der Waals surface area contributed by atoms with Crippen molar-refractivity contribution in [3.05, 3.63) is 0 Å². The van der Waals surface area contributed by atoms with Crippen molar-refractivity contribution in [2.24, 2.45) is 23.2 Å². The summed E-state index contributed by atoms with van der Waals surface area (Å²) >= 11 is 0. The highest BCUT2D eigenvalue weighted by Crippen LogP contribution is 2.32. The summed E-state index contributed by atoms with van der Waals surface area (Å²) in [6, 6.07) is 0. The first-order chi connectivity index (χ1) is 10.0. The van der Waals surface area contributed by atoms with Gasteiger partial charge >= 0.3 is 0 Å². The molecule has 3 nitrogen and oxygen atoms in total. The third-order valence-corrected chi connectivity index (χ3v) is 5.43. The third kappa shape index (κ3) is 5.22. The normalized spacial score (nSPS) is 35.3. The van der Waals surface area contributed by atoms with E-state index in [-0.39, 0.29) is 0 Å². The molecule has 1 N–H and O–H groups in total. The predicted molar refractivity (Wildman–Crippen MR) is 89.6 cm³/mol. The van der Waals surface area contributed by atoms with Gasteiger partial charge in [0, 0.05) is 31.7 Å². The van der Waals surface area contributed by atoms with Crippen LogP contribution in [0, 0.1) is 23.2 Å². The van der Waals surface area contributed by atoms with Crippen molar-refractivity contribution >= 4 is 0 Å². The summed E-state index contributed by atoms with van der Waals surface area (Å²) in [5.74, 6) is 2.45. The van der Waals surface area contributed by atoms with Crippen molar-refractivity contribution in [2.75, 3.05) is 45.9 Å². The first-order valence-corrected chi connectivity index (χ1v) is 9.01. The fraction of sp³-hybridized carbons (Fsp3) is 1.00. The van der Waals surface area contributed by atoms with Gasteiger partial charge in [0.2, 0.25) is 0 Å². The van der Waals surface area contributed by atoms with E-state index in [0.717, 1.165) is 44.1 Å².